The maximum atomic E-state index is 9.80. The summed E-state index contributed by atoms with van der Waals surface area (Å²) in [5.74, 6) is 1.30. The highest BCUT2D eigenvalue weighted by Gasteiger charge is 2.11. The summed E-state index contributed by atoms with van der Waals surface area (Å²) in [5.41, 5.74) is 0. The maximum Gasteiger partial charge on any atom is 0.137 e. The summed E-state index contributed by atoms with van der Waals surface area (Å²) in [6.45, 7) is 1.77. The van der Waals surface area contributed by atoms with E-state index in [2.05, 4.69) is 0 Å². The number of hydrogen-bond acceptors (Lipinski definition) is 4. The second-order valence-electron chi connectivity index (χ2n) is 6.23. The second-order valence-corrected chi connectivity index (χ2v) is 6.23. The van der Waals surface area contributed by atoms with Crippen LogP contribution in [0.2, 0.25) is 0 Å². The van der Waals surface area contributed by atoms with Crippen LogP contribution in [0, 0.1) is 0 Å². The molecule has 0 radical (unpaired) electrons. The Bertz CT molecular complexity index is 391. The van der Waals surface area contributed by atoms with Crippen molar-refractivity contribution in [1.82, 2.24) is 0 Å². The largest absolute Gasteiger partial charge is 0.491 e. The monoisotopic (exact) mass is 314 g/mol. The summed E-state index contributed by atoms with van der Waals surface area (Å²) in [4.78, 5) is 2.34. The molecule has 0 aromatic heterocycles. The van der Waals surface area contributed by atoms with Crippen molar-refractivity contribution in [3.05, 3.63) is 24.3 Å². The average molecular weight is 314 g/mol. The molecule has 0 aliphatic rings. The number of benzene rings is 1. The van der Waals surface area contributed by atoms with Gasteiger partial charge in [0.2, 0.25) is 0 Å². The Morgan fingerprint density at radius 2 is 1.27 bits per heavy atom. The Kier molecular flexibility index (Phi) is 8.19. The van der Waals surface area contributed by atoms with Gasteiger partial charge in [-0.3, -0.25) is 0 Å². The second kappa shape index (κ2) is 9.63. The van der Waals surface area contributed by atoms with Crippen molar-refractivity contribution in [2.45, 2.75) is 12.2 Å². The van der Waals surface area contributed by atoms with Crippen LogP contribution in [-0.4, -0.2) is 76.9 Å². The highest BCUT2D eigenvalue weighted by molar-refractivity contribution is 5.32. The topological polar surface area (TPSA) is 67.8 Å². The summed E-state index contributed by atoms with van der Waals surface area (Å²) in [7, 11) is 7.94. The van der Waals surface area contributed by atoms with Crippen molar-refractivity contribution < 1.29 is 29.5 Å². The SMILES string of the molecule is C[NH+](C)C[C@H](O)COc1cccc(OC[C@H](O)C[NH+](C)C)c1. The zero-order chi connectivity index (χ0) is 16.5. The summed E-state index contributed by atoms with van der Waals surface area (Å²) in [6, 6.07) is 7.24. The van der Waals surface area contributed by atoms with Gasteiger partial charge in [-0.2, -0.15) is 0 Å². The fourth-order valence-corrected chi connectivity index (χ4v) is 2.10. The van der Waals surface area contributed by atoms with Crippen LogP contribution in [0.3, 0.4) is 0 Å². The molecular formula is C16H30N2O4+2. The molecule has 0 saturated carbocycles. The van der Waals surface area contributed by atoms with E-state index in [9.17, 15) is 10.2 Å². The zero-order valence-corrected chi connectivity index (χ0v) is 14.0. The van der Waals surface area contributed by atoms with E-state index in [1.807, 2.05) is 46.4 Å². The summed E-state index contributed by atoms with van der Waals surface area (Å²) >= 11 is 0. The van der Waals surface area contributed by atoms with Crippen LogP contribution in [0.4, 0.5) is 0 Å². The Hall–Kier alpha value is -1.34. The molecule has 0 saturated heterocycles. The van der Waals surface area contributed by atoms with Gasteiger partial charge < -0.3 is 29.5 Å². The van der Waals surface area contributed by atoms with E-state index in [-0.39, 0.29) is 13.2 Å². The molecule has 0 heterocycles. The molecule has 22 heavy (non-hydrogen) atoms. The van der Waals surface area contributed by atoms with E-state index >= 15 is 0 Å². The Morgan fingerprint density at radius 3 is 1.64 bits per heavy atom. The number of aliphatic hydroxyl groups is 2. The van der Waals surface area contributed by atoms with E-state index in [1.165, 1.54) is 9.80 Å². The van der Waals surface area contributed by atoms with Crippen molar-refractivity contribution in [3.8, 4) is 11.5 Å². The maximum absolute atomic E-state index is 9.80. The van der Waals surface area contributed by atoms with Crippen LogP contribution in [-0.2, 0) is 0 Å². The normalized spacial score (nSPS) is 14.2. The predicted octanol–water partition coefficient (Wildman–Crippen LogP) is -2.54. The van der Waals surface area contributed by atoms with E-state index in [4.69, 9.17) is 9.47 Å². The molecule has 0 amide bonds. The van der Waals surface area contributed by atoms with Gasteiger partial charge in [-0.15, -0.1) is 0 Å². The number of ether oxygens (including phenoxy) is 2. The fourth-order valence-electron chi connectivity index (χ4n) is 2.10. The molecule has 6 heteroatoms. The van der Waals surface area contributed by atoms with Gasteiger partial charge in [-0.1, -0.05) is 6.07 Å². The molecule has 1 rings (SSSR count). The minimum Gasteiger partial charge on any atom is -0.491 e. The predicted molar refractivity (Wildman–Crippen MR) is 84.8 cm³/mol. The molecule has 0 aliphatic heterocycles. The van der Waals surface area contributed by atoms with Crippen LogP contribution < -0.4 is 19.3 Å². The Morgan fingerprint density at radius 1 is 0.864 bits per heavy atom. The van der Waals surface area contributed by atoms with Gasteiger partial charge in [0.1, 0.15) is 50.0 Å². The quantitative estimate of drug-likeness (QED) is 0.384. The molecule has 0 bridgehead atoms. The summed E-state index contributed by atoms with van der Waals surface area (Å²) in [6.07, 6.45) is -1.00. The third-order valence-electron chi connectivity index (χ3n) is 2.98. The van der Waals surface area contributed by atoms with Crippen molar-refractivity contribution in [3.63, 3.8) is 0 Å². The molecule has 0 unspecified atom stereocenters. The lowest BCUT2D eigenvalue weighted by Crippen LogP contribution is -3.07. The number of likely N-dealkylation sites (N-methyl/N-ethyl adjacent to an activating group) is 2. The molecule has 2 atom stereocenters. The number of nitrogens with one attached hydrogen (secondary N) is 2. The third kappa shape index (κ3) is 8.19. The van der Waals surface area contributed by atoms with Gasteiger partial charge in [0.15, 0.2) is 0 Å². The lowest BCUT2D eigenvalue weighted by molar-refractivity contribution is -0.861. The highest BCUT2D eigenvalue weighted by Crippen LogP contribution is 2.19. The smallest absolute Gasteiger partial charge is 0.137 e. The lowest BCUT2D eigenvalue weighted by atomic mass is 10.3. The van der Waals surface area contributed by atoms with Crippen molar-refractivity contribution in [2.75, 3.05) is 54.5 Å². The molecule has 126 valence electrons. The van der Waals surface area contributed by atoms with Gasteiger partial charge in [0.25, 0.3) is 0 Å². The molecule has 0 aliphatic carbocycles. The summed E-state index contributed by atoms with van der Waals surface area (Å²) < 4.78 is 11.1. The van der Waals surface area contributed by atoms with Crippen LogP contribution in [0.1, 0.15) is 0 Å². The highest BCUT2D eigenvalue weighted by atomic mass is 16.5. The van der Waals surface area contributed by atoms with E-state index in [0.29, 0.717) is 24.6 Å². The minimum absolute atomic E-state index is 0.251. The molecule has 1 aromatic carbocycles. The van der Waals surface area contributed by atoms with E-state index in [0.717, 1.165) is 0 Å². The molecule has 0 fully saturated rings. The molecule has 4 N–H and O–H groups in total. The fraction of sp³-hybridized carbons (Fsp3) is 0.625. The van der Waals surface area contributed by atoms with E-state index < -0.39 is 12.2 Å². The lowest BCUT2D eigenvalue weighted by Gasteiger charge is -2.16. The first kappa shape index (κ1) is 18.7. The van der Waals surface area contributed by atoms with Gasteiger partial charge in [-0.25, -0.2) is 0 Å². The average Bonchev–Trinajstić information content (AvgIpc) is 2.42. The van der Waals surface area contributed by atoms with Crippen LogP contribution in [0.15, 0.2) is 24.3 Å². The first-order valence-electron chi connectivity index (χ1n) is 7.66. The van der Waals surface area contributed by atoms with Crippen LogP contribution in [0.5, 0.6) is 11.5 Å². The zero-order valence-electron chi connectivity index (χ0n) is 14.0. The summed E-state index contributed by atoms with van der Waals surface area (Å²) in [5, 5.41) is 19.6. The molecule has 1 aromatic rings. The van der Waals surface area contributed by atoms with Crippen LogP contribution >= 0.6 is 0 Å². The number of aliphatic hydroxyl groups excluding tert-OH is 2. The first-order chi connectivity index (χ1) is 10.4. The van der Waals surface area contributed by atoms with Crippen molar-refractivity contribution in [2.24, 2.45) is 0 Å². The number of quaternary nitrogens is 2. The molecule has 0 spiro atoms. The molecule has 6 nitrogen and oxygen atoms in total. The van der Waals surface area contributed by atoms with Crippen molar-refractivity contribution >= 4 is 0 Å². The van der Waals surface area contributed by atoms with Gasteiger partial charge >= 0.3 is 0 Å². The van der Waals surface area contributed by atoms with Gasteiger partial charge in [0, 0.05) is 6.07 Å². The first-order valence-corrected chi connectivity index (χ1v) is 7.66. The number of rotatable bonds is 10. The van der Waals surface area contributed by atoms with E-state index in [1.54, 1.807) is 6.07 Å². The van der Waals surface area contributed by atoms with Crippen LogP contribution in [0.25, 0.3) is 0 Å². The Labute approximate surface area is 132 Å². The number of hydrogen-bond donors (Lipinski definition) is 4. The van der Waals surface area contributed by atoms with Crippen molar-refractivity contribution in [1.29, 1.82) is 0 Å². The minimum atomic E-state index is -0.500. The standard InChI is InChI=1S/C16H28N2O4/c1-17(2)9-13(19)11-21-15-6-5-7-16(8-15)22-12-14(20)10-18(3)4/h5-8,13-14,19-20H,9-12H2,1-4H3/p+2/t13-,14+. The Balaban J connectivity index is 2.41. The molecular weight excluding hydrogens is 284 g/mol. The third-order valence-corrected chi connectivity index (χ3v) is 2.98. The van der Waals surface area contributed by atoms with Gasteiger partial charge in [0.05, 0.1) is 28.2 Å². The van der Waals surface area contributed by atoms with Gasteiger partial charge in [-0.05, 0) is 12.1 Å².